The van der Waals surface area contributed by atoms with Gasteiger partial charge in [-0.15, -0.1) is 0 Å². The van der Waals surface area contributed by atoms with Gasteiger partial charge in [-0.25, -0.2) is 4.79 Å². The maximum Gasteiger partial charge on any atom is 0.328 e. The summed E-state index contributed by atoms with van der Waals surface area (Å²) in [4.78, 5) is 51.9. The lowest BCUT2D eigenvalue weighted by atomic mass is 9.95. The van der Waals surface area contributed by atoms with Crippen LogP contribution in [0.25, 0.3) is 0 Å². The second-order valence-electron chi connectivity index (χ2n) is 6.68. The molecule has 0 radical (unpaired) electrons. The molecule has 1 saturated heterocycles. The van der Waals surface area contributed by atoms with Crippen LogP contribution in [-0.4, -0.2) is 39.4 Å². The van der Waals surface area contributed by atoms with Crippen LogP contribution in [0.15, 0.2) is 46.1 Å². The molecule has 1 fully saturated rings. The second-order valence-corrected chi connectivity index (χ2v) is 6.68. The predicted molar refractivity (Wildman–Crippen MR) is 99.2 cm³/mol. The van der Waals surface area contributed by atoms with E-state index in [0.717, 1.165) is 5.56 Å². The molecule has 1 aromatic heterocycles. The van der Waals surface area contributed by atoms with Gasteiger partial charge in [0.15, 0.2) is 0 Å². The molecule has 0 unspecified atom stereocenters. The minimum absolute atomic E-state index is 0.0223. The highest BCUT2D eigenvalue weighted by Gasteiger charge is 2.28. The second kappa shape index (κ2) is 8.03. The van der Waals surface area contributed by atoms with Gasteiger partial charge in [-0.3, -0.25) is 19.4 Å². The Labute approximate surface area is 155 Å². The molecule has 0 spiro atoms. The molecule has 0 atom stereocenters. The van der Waals surface area contributed by atoms with Crippen molar-refractivity contribution in [2.75, 3.05) is 13.1 Å². The SMILES string of the molecule is Cn1cc(C(=O)N2CCC(C(=O)NCc3ccccc3)CC2)c(=O)[nH]c1=O. The molecule has 2 amide bonds. The van der Waals surface area contributed by atoms with Crippen molar-refractivity contribution in [1.82, 2.24) is 19.8 Å². The van der Waals surface area contributed by atoms with E-state index in [1.54, 1.807) is 4.90 Å². The Morgan fingerprint density at radius 3 is 2.48 bits per heavy atom. The molecule has 1 aromatic carbocycles. The number of carbonyl (C=O) groups is 2. The number of rotatable bonds is 4. The van der Waals surface area contributed by atoms with Gasteiger partial charge in [-0.2, -0.15) is 0 Å². The van der Waals surface area contributed by atoms with Gasteiger partial charge in [0.2, 0.25) is 5.91 Å². The molecule has 8 nitrogen and oxygen atoms in total. The van der Waals surface area contributed by atoms with Gasteiger partial charge in [0.1, 0.15) is 5.56 Å². The van der Waals surface area contributed by atoms with Crippen molar-refractivity contribution in [2.24, 2.45) is 13.0 Å². The van der Waals surface area contributed by atoms with Crippen molar-refractivity contribution < 1.29 is 9.59 Å². The van der Waals surface area contributed by atoms with Crippen LogP contribution in [0.3, 0.4) is 0 Å². The van der Waals surface area contributed by atoms with Crippen LogP contribution in [-0.2, 0) is 18.4 Å². The molecule has 1 aliphatic heterocycles. The number of likely N-dealkylation sites (tertiary alicyclic amines) is 1. The van der Waals surface area contributed by atoms with Crippen molar-refractivity contribution in [3.63, 3.8) is 0 Å². The maximum atomic E-state index is 12.6. The van der Waals surface area contributed by atoms with E-state index in [0.29, 0.717) is 32.5 Å². The van der Waals surface area contributed by atoms with Gasteiger partial charge < -0.3 is 14.8 Å². The smallest absolute Gasteiger partial charge is 0.328 e. The van der Waals surface area contributed by atoms with Crippen molar-refractivity contribution in [2.45, 2.75) is 19.4 Å². The topological polar surface area (TPSA) is 104 Å². The van der Waals surface area contributed by atoms with E-state index in [4.69, 9.17) is 0 Å². The average molecular weight is 370 g/mol. The Morgan fingerprint density at radius 1 is 1.15 bits per heavy atom. The number of benzene rings is 1. The van der Waals surface area contributed by atoms with Gasteiger partial charge in [0.25, 0.3) is 11.5 Å². The van der Waals surface area contributed by atoms with Gasteiger partial charge in [-0.05, 0) is 18.4 Å². The summed E-state index contributed by atoms with van der Waals surface area (Å²) in [5.41, 5.74) is -0.285. The van der Waals surface area contributed by atoms with Gasteiger partial charge in [-0.1, -0.05) is 30.3 Å². The fourth-order valence-corrected chi connectivity index (χ4v) is 3.16. The molecule has 0 bridgehead atoms. The van der Waals surface area contributed by atoms with Gasteiger partial charge in [0.05, 0.1) is 0 Å². The zero-order valence-corrected chi connectivity index (χ0v) is 15.1. The third-order valence-electron chi connectivity index (χ3n) is 4.80. The molecule has 27 heavy (non-hydrogen) atoms. The van der Waals surface area contributed by atoms with Crippen LogP contribution < -0.4 is 16.6 Å². The molecule has 1 aliphatic rings. The zero-order chi connectivity index (χ0) is 19.4. The number of amides is 2. The molecule has 2 aromatic rings. The highest BCUT2D eigenvalue weighted by molar-refractivity contribution is 5.93. The first-order valence-electron chi connectivity index (χ1n) is 8.86. The third kappa shape index (κ3) is 4.33. The fourth-order valence-electron chi connectivity index (χ4n) is 3.16. The summed E-state index contributed by atoms with van der Waals surface area (Å²) >= 11 is 0. The van der Waals surface area contributed by atoms with E-state index in [-0.39, 0.29) is 17.4 Å². The van der Waals surface area contributed by atoms with Crippen LogP contribution in [0.1, 0.15) is 28.8 Å². The van der Waals surface area contributed by atoms with Crippen LogP contribution in [0.5, 0.6) is 0 Å². The summed E-state index contributed by atoms with van der Waals surface area (Å²) in [6, 6.07) is 9.67. The molecule has 8 heteroatoms. The van der Waals surface area contributed by atoms with Crippen molar-refractivity contribution in [3.05, 3.63) is 68.5 Å². The zero-order valence-electron chi connectivity index (χ0n) is 15.1. The van der Waals surface area contributed by atoms with Crippen LogP contribution in [0.2, 0.25) is 0 Å². The summed E-state index contributed by atoms with van der Waals surface area (Å²) < 4.78 is 1.17. The van der Waals surface area contributed by atoms with Gasteiger partial charge in [0, 0.05) is 38.8 Å². The number of carbonyl (C=O) groups excluding carboxylic acids is 2. The minimum atomic E-state index is -0.689. The minimum Gasteiger partial charge on any atom is -0.352 e. The molecule has 0 aliphatic carbocycles. The lowest BCUT2D eigenvalue weighted by Gasteiger charge is -2.31. The van der Waals surface area contributed by atoms with Crippen molar-refractivity contribution in [3.8, 4) is 0 Å². The van der Waals surface area contributed by atoms with Crippen molar-refractivity contribution in [1.29, 1.82) is 0 Å². The number of aromatic nitrogens is 2. The Morgan fingerprint density at radius 2 is 1.81 bits per heavy atom. The molecule has 2 N–H and O–H groups in total. The van der Waals surface area contributed by atoms with Crippen molar-refractivity contribution >= 4 is 11.8 Å². The van der Waals surface area contributed by atoms with Crippen LogP contribution >= 0.6 is 0 Å². The lowest BCUT2D eigenvalue weighted by molar-refractivity contribution is -0.126. The average Bonchev–Trinajstić information content (AvgIpc) is 2.69. The first kappa shape index (κ1) is 18.6. The highest BCUT2D eigenvalue weighted by atomic mass is 16.2. The first-order valence-corrected chi connectivity index (χ1v) is 8.86. The van der Waals surface area contributed by atoms with E-state index in [2.05, 4.69) is 10.3 Å². The Kier molecular flexibility index (Phi) is 5.54. The largest absolute Gasteiger partial charge is 0.352 e. The summed E-state index contributed by atoms with van der Waals surface area (Å²) in [5.74, 6) is -0.600. The van der Waals surface area contributed by atoms with Crippen LogP contribution in [0, 0.1) is 5.92 Å². The fraction of sp³-hybridized carbons (Fsp3) is 0.368. The van der Waals surface area contributed by atoms with E-state index < -0.39 is 17.2 Å². The van der Waals surface area contributed by atoms with E-state index in [1.807, 2.05) is 30.3 Å². The molecular formula is C19H22N4O4. The monoisotopic (exact) mass is 370 g/mol. The number of aryl methyl sites for hydroxylation is 1. The normalized spacial score (nSPS) is 14.8. The maximum absolute atomic E-state index is 12.6. The number of H-pyrrole nitrogens is 1. The Balaban J connectivity index is 1.56. The van der Waals surface area contributed by atoms with Crippen LogP contribution in [0.4, 0.5) is 0 Å². The van der Waals surface area contributed by atoms with Gasteiger partial charge >= 0.3 is 5.69 Å². The predicted octanol–water partition coefficient (Wildman–Crippen LogP) is 0.242. The number of nitrogens with one attached hydrogen (secondary N) is 2. The summed E-state index contributed by atoms with van der Waals surface area (Å²) in [6.45, 7) is 1.27. The molecule has 0 saturated carbocycles. The first-order chi connectivity index (χ1) is 13.0. The molecular weight excluding hydrogens is 348 g/mol. The van der Waals surface area contributed by atoms with E-state index in [1.165, 1.54) is 17.8 Å². The van der Waals surface area contributed by atoms with E-state index >= 15 is 0 Å². The Bertz CT molecular complexity index is 940. The summed E-state index contributed by atoms with van der Waals surface area (Å²) in [7, 11) is 1.47. The summed E-state index contributed by atoms with van der Waals surface area (Å²) in [6.07, 6.45) is 2.33. The number of piperidine rings is 1. The Hall–Kier alpha value is -3.16. The molecule has 142 valence electrons. The third-order valence-corrected chi connectivity index (χ3v) is 4.80. The number of nitrogens with zero attached hydrogens (tertiary/aromatic N) is 2. The number of hydrogen-bond acceptors (Lipinski definition) is 4. The number of hydrogen-bond donors (Lipinski definition) is 2. The highest BCUT2D eigenvalue weighted by Crippen LogP contribution is 2.18. The summed E-state index contributed by atoms with van der Waals surface area (Å²) in [5, 5.41) is 2.93. The molecule has 3 rings (SSSR count). The standard InChI is InChI=1S/C19H22N4O4/c1-22-12-15(17(25)21-19(22)27)18(26)23-9-7-14(8-10-23)16(24)20-11-13-5-3-2-4-6-13/h2-6,12,14H,7-11H2,1H3,(H,20,24)(H,21,25,27). The lowest BCUT2D eigenvalue weighted by Crippen LogP contribution is -2.45. The van der Waals surface area contributed by atoms with E-state index in [9.17, 15) is 19.2 Å². The molecule has 2 heterocycles. The quantitative estimate of drug-likeness (QED) is 0.804. The number of aromatic amines is 1.